The van der Waals surface area contributed by atoms with E-state index in [0.717, 1.165) is 6.07 Å². The monoisotopic (exact) mass is 225 g/mol. The van der Waals surface area contributed by atoms with Crippen LogP contribution < -0.4 is 0 Å². The van der Waals surface area contributed by atoms with Crippen LogP contribution in [-0.4, -0.2) is 18.5 Å². The van der Waals surface area contributed by atoms with E-state index < -0.39 is 11.6 Å². The Labute approximate surface area is 93.0 Å². The largest absolute Gasteiger partial charge is 0.475 e. The van der Waals surface area contributed by atoms with E-state index in [-0.39, 0.29) is 17.5 Å². The molecule has 86 valence electrons. The highest BCUT2D eigenvalue weighted by molar-refractivity contribution is 5.95. The maximum Gasteiger partial charge on any atom is 0.219 e. The van der Waals surface area contributed by atoms with Crippen molar-refractivity contribution in [2.45, 2.75) is 19.9 Å². The Bertz CT molecular complexity index is 429. The van der Waals surface area contributed by atoms with Crippen LogP contribution in [0.15, 0.2) is 23.2 Å². The number of hydrogen-bond donors (Lipinski definition) is 0. The fraction of sp³-hybridized carbons (Fsp3) is 0.417. The summed E-state index contributed by atoms with van der Waals surface area (Å²) in [6, 6.07) is 4.02. The van der Waals surface area contributed by atoms with Crippen LogP contribution in [0.5, 0.6) is 0 Å². The van der Waals surface area contributed by atoms with Gasteiger partial charge in [0.2, 0.25) is 5.90 Å². The van der Waals surface area contributed by atoms with Crippen molar-refractivity contribution in [1.82, 2.24) is 0 Å². The lowest BCUT2D eigenvalue weighted by molar-refractivity contribution is 0.291. The number of benzene rings is 1. The summed E-state index contributed by atoms with van der Waals surface area (Å²) in [7, 11) is 0. The second-order valence-electron chi connectivity index (χ2n) is 4.16. The summed E-state index contributed by atoms with van der Waals surface area (Å²) in [6.45, 7) is 4.47. The van der Waals surface area contributed by atoms with E-state index >= 15 is 0 Å². The molecule has 0 spiro atoms. The Morgan fingerprint density at radius 1 is 1.38 bits per heavy atom. The van der Waals surface area contributed by atoms with Gasteiger partial charge in [-0.3, -0.25) is 0 Å². The molecule has 0 saturated carbocycles. The molecule has 0 radical (unpaired) electrons. The van der Waals surface area contributed by atoms with E-state index in [1.165, 1.54) is 12.1 Å². The second-order valence-corrected chi connectivity index (χ2v) is 4.16. The Kier molecular flexibility index (Phi) is 2.90. The van der Waals surface area contributed by atoms with Gasteiger partial charge in [-0.05, 0) is 18.1 Å². The number of aliphatic imine (C=N–C) groups is 1. The average Bonchev–Trinajstić information content (AvgIpc) is 2.71. The van der Waals surface area contributed by atoms with Gasteiger partial charge in [0.25, 0.3) is 0 Å². The van der Waals surface area contributed by atoms with Crippen LogP contribution in [0.4, 0.5) is 8.78 Å². The maximum atomic E-state index is 13.4. The lowest BCUT2D eigenvalue weighted by Crippen LogP contribution is -2.13. The summed E-state index contributed by atoms with van der Waals surface area (Å²) in [5.74, 6) is -1.24. The van der Waals surface area contributed by atoms with Crippen molar-refractivity contribution >= 4 is 5.90 Å². The van der Waals surface area contributed by atoms with Gasteiger partial charge < -0.3 is 4.74 Å². The lowest BCUT2D eigenvalue weighted by Gasteiger charge is -2.06. The number of hydrogen-bond acceptors (Lipinski definition) is 2. The number of nitrogens with zero attached hydrogens (tertiary/aromatic N) is 1. The van der Waals surface area contributed by atoms with Gasteiger partial charge in [-0.2, -0.15) is 0 Å². The first-order valence-corrected chi connectivity index (χ1v) is 5.24. The average molecular weight is 225 g/mol. The van der Waals surface area contributed by atoms with Gasteiger partial charge >= 0.3 is 0 Å². The minimum absolute atomic E-state index is 0.0256. The SMILES string of the molecule is CC(C)[C@@H]1COC(c2cccc(F)c2F)=N1. The molecule has 16 heavy (non-hydrogen) atoms. The van der Waals surface area contributed by atoms with Gasteiger partial charge in [0.15, 0.2) is 11.6 Å². The molecule has 0 bridgehead atoms. The van der Waals surface area contributed by atoms with E-state index in [1.54, 1.807) is 0 Å². The van der Waals surface area contributed by atoms with Crippen molar-refractivity contribution < 1.29 is 13.5 Å². The zero-order valence-corrected chi connectivity index (χ0v) is 9.21. The quantitative estimate of drug-likeness (QED) is 0.758. The molecule has 0 aliphatic carbocycles. The van der Waals surface area contributed by atoms with Gasteiger partial charge in [0.1, 0.15) is 6.61 Å². The highest BCUT2D eigenvalue weighted by Gasteiger charge is 2.25. The Hall–Kier alpha value is -1.45. The first-order chi connectivity index (χ1) is 7.59. The van der Waals surface area contributed by atoms with Crippen LogP contribution in [0.3, 0.4) is 0 Å². The van der Waals surface area contributed by atoms with E-state index in [9.17, 15) is 8.78 Å². The molecule has 1 aliphatic rings. The molecule has 0 amide bonds. The van der Waals surface area contributed by atoms with Crippen molar-refractivity contribution in [1.29, 1.82) is 0 Å². The normalized spacial score (nSPS) is 19.8. The Morgan fingerprint density at radius 2 is 2.12 bits per heavy atom. The predicted molar refractivity (Wildman–Crippen MR) is 57.5 cm³/mol. The maximum absolute atomic E-state index is 13.4. The van der Waals surface area contributed by atoms with Crippen molar-refractivity contribution in [3.05, 3.63) is 35.4 Å². The summed E-state index contributed by atoms with van der Waals surface area (Å²) < 4.78 is 31.7. The molecule has 1 aromatic carbocycles. The van der Waals surface area contributed by atoms with Crippen molar-refractivity contribution in [3.8, 4) is 0 Å². The summed E-state index contributed by atoms with van der Waals surface area (Å²) in [6.07, 6.45) is 0. The Morgan fingerprint density at radius 3 is 2.75 bits per heavy atom. The third kappa shape index (κ3) is 1.92. The molecule has 2 nitrogen and oxygen atoms in total. The van der Waals surface area contributed by atoms with Gasteiger partial charge in [0, 0.05) is 0 Å². The molecule has 0 aromatic heterocycles. The molecule has 0 unspecified atom stereocenters. The predicted octanol–water partition coefficient (Wildman–Crippen LogP) is 2.77. The van der Waals surface area contributed by atoms with E-state index in [2.05, 4.69) is 4.99 Å². The van der Waals surface area contributed by atoms with Gasteiger partial charge in [-0.1, -0.05) is 19.9 Å². The molecule has 0 fully saturated rings. The first-order valence-electron chi connectivity index (χ1n) is 5.24. The van der Waals surface area contributed by atoms with Crippen LogP contribution >= 0.6 is 0 Å². The molecule has 1 atom stereocenters. The third-order valence-corrected chi connectivity index (χ3v) is 2.63. The Balaban J connectivity index is 2.32. The minimum Gasteiger partial charge on any atom is -0.475 e. The van der Waals surface area contributed by atoms with Crippen LogP contribution in [0.1, 0.15) is 19.4 Å². The van der Waals surface area contributed by atoms with Crippen LogP contribution in [0.2, 0.25) is 0 Å². The minimum atomic E-state index is -0.898. The molecule has 1 aromatic rings. The fourth-order valence-corrected chi connectivity index (χ4v) is 1.55. The van der Waals surface area contributed by atoms with E-state index in [1.807, 2.05) is 13.8 Å². The molecule has 1 aliphatic heterocycles. The van der Waals surface area contributed by atoms with Crippen LogP contribution in [0, 0.1) is 17.6 Å². The lowest BCUT2D eigenvalue weighted by atomic mass is 10.1. The zero-order chi connectivity index (χ0) is 11.7. The zero-order valence-electron chi connectivity index (χ0n) is 9.21. The number of halogens is 2. The molecule has 1 heterocycles. The highest BCUT2D eigenvalue weighted by Crippen LogP contribution is 2.20. The number of rotatable bonds is 2. The topological polar surface area (TPSA) is 21.6 Å². The summed E-state index contributed by atoms with van der Waals surface area (Å²) in [5.41, 5.74) is 0.100. The fourth-order valence-electron chi connectivity index (χ4n) is 1.55. The molecule has 0 saturated heterocycles. The molecular formula is C12H13F2NO. The smallest absolute Gasteiger partial charge is 0.219 e. The van der Waals surface area contributed by atoms with Crippen LogP contribution in [-0.2, 0) is 4.74 Å². The molecule has 0 N–H and O–H groups in total. The van der Waals surface area contributed by atoms with Crippen LogP contribution in [0.25, 0.3) is 0 Å². The van der Waals surface area contributed by atoms with Gasteiger partial charge in [0.05, 0.1) is 11.6 Å². The summed E-state index contributed by atoms with van der Waals surface area (Å²) in [5, 5.41) is 0. The first kappa shape index (κ1) is 11.0. The summed E-state index contributed by atoms with van der Waals surface area (Å²) in [4.78, 5) is 4.25. The van der Waals surface area contributed by atoms with E-state index in [4.69, 9.17) is 4.74 Å². The molecular weight excluding hydrogens is 212 g/mol. The number of ether oxygens (including phenoxy) is 1. The van der Waals surface area contributed by atoms with Crippen molar-refractivity contribution in [2.24, 2.45) is 10.9 Å². The second kappa shape index (κ2) is 4.20. The third-order valence-electron chi connectivity index (χ3n) is 2.63. The van der Waals surface area contributed by atoms with Crippen molar-refractivity contribution in [3.63, 3.8) is 0 Å². The molecule has 4 heteroatoms. The summed E-state index contributed by atoms with van der Waals surface area (Å²) >= 11 is 0. The highest BCUT2D eigenvalue weighted by atomic mass is 19.2. The molecule has 2 rings (SSSR count). The van der Waals surface area contributed by atoms with Gasteiger partial charge in [-0.25, -0.2) is 13.8 Å². The standard InChI is InChI=1S/C12H13F2NO/c1-7(2)10-6-16-12(15-10)8-4-3-5-9(13)11(8)14/h3-5,7,10H,6H2,1-2H3/t10-/m0/s1. The van der Waals surface area contributed by atoms with Crippen molar-refractivity contribution in [2.75, 3.05) is 6.61 Å². The van der Waals surface area contributed by atoms with E-state index in [0.29, 0.717) is 12.5 Å². The van der Waals surface area contributed by atoms with Gasteiger partial charge in [-0.15, -0.1) is 0 Å².